The predicted molar refractivity (Wildman–Crippen MR) is 71.4 cm³/mol. The molecular weight excluding hydrogens is 250 g/mol. The Labute approximate surface area is 108 Å². The zero-order valence-corrected chi connectivity index (χ0v) is 11.4. The number of rotatable bonds is 3. The lowest BCUT2D eigenvalue weighted by Gasteiger charge is -2.34. The van der Waals surface area contributed by atoms with Crippen LogP contribution in [0.15, 0.2) is 24.3 Å². The van der Waals surface area contributed by atoms with E-state index < -0.39 is 9.84 Å². The summed E-state index contributed by atoms with van der Waals surface area (Å²) in [5.74, 6) is 0.728. The second kappa shape index (κ2) is 5.28. The number of phenols is 1. The van der Waals surface area contributed by atoms with Crippen molar-refractivity contribution >= 4 is 9.84 Å². The van der Waals surface area contributed by atoms with Gasteiger partial charge in [0.1, 0.15) is 5.75 Å². The van der Waals surface area contributed by atoms with E-state index in [1.54, 1.807) is 12.1 Å². The van der Waals surface area contributed by atoms with Crippen LogP contribution in [0.25, 0.3) is 0 Å². The molecule has 2 rings (SSSR count). The Morgan fingerprint density at radius 2 is 1.89 bits per heavy atom. The van der Waals surface area contributed by atoms with Gasteiger partial charge in [0, 0.05) is 24.7 Å². The second-order valence-electron chi connectivity index (χ2n) is 4.67. The number of hydrogen-bond acceptors (Lipinski definition) is 4. The molecule has 0 bridgehead atoms. The van der Waals surface area contributed by atoms with Crippen LogP contribution in [0, 0.1) is 0 Å². The fraction of sp³-hybridized carbons (Fsp3) is 0.538. The summed E-state index contributed by atoms with van der Waals surface area (Å²) in [6.45, 7) is 3.16. The number of para-hydroxylation sites is 1. The molecule has 0 spiro atoms. The van der Waals surface area contributed by atoms with Crippen molar-refractivity contribution in [2.75, 3.05) is 24.6 Å². The van der Waals surface area contributed by atoms with Crippen LogP contribution in [0.1, 0.15) is 24.9 Å². The third-order valence-corrected chi connectivity index (χ3v) is 5.11. The van der Waals surface area contributed by atoms with E-state index in [-0.39, 0.29) is 23.3 Å². The molecule has 0 saturated carbocycles. The number of phenolic OH excluding ortho intramolecular Hbond substituents is 1. The second-order valence-corrected chi connectivity index (χ2v) is 6.97. The molecule has 100 valence electrons. The molecule has 0 aliphatic carbocycles. The minimum atomic E-state index is -2.85. The van der Waals surface area contributed by atoms with Crippen LogP contribution < -0.4 is 0 Å². The number of nitrogens with zero attached hydrogens (tertiary/aromatic N) is 1. The van der Waals surface area contributed by atoms with Gasteiger partial charge in [0.25, 0.3) is 0 Å². The number of benzene rings is 1. The first-order chi connectivity index (χ1) is 8.53. The highest BCUT2D eigenvalue weighted by Crippen LogP contribution is 2.31. The molecule has 1 aliphatic rings. The highest BCUT2D eigenvalue weighted by atomic mass is 32.2. The van der Waals surface area contributed by atoms with Crippen molar-refractivity contribution in [1.29, 1.82) is 0 Å². The molecular formula is C13H19NO3S. The van der Waals surface area contributed by atoms with Gasteiger partial charge in [-0.25, -0.2) is 8.42 Å². The summed E-state index contributed by atoms with van der Waals surface area (Å²) in [6.07, 6.45) is 0.859. The molecule has 0 amide bonds. The molecule has 1 saturated heterocycles. The average molecular weight is 269 g/mol. The zero-order valence-electron chi connectivity index (χ0n) is 10.5. The van der Waals surface area contributed by atoms with Gasteiger partial charge in [-0.1, -0.05) is 25.1 Å². The maximum Gasteiger partial charge on any atom is 0.152 e. The van der Waals surface area contributed by atoms with Gasteiger partial charge in [-0.3, -0.25) is 4.90 Å². The first-order valence-electron chi connectivity index (χ1n) is 6.26. The molecule has 1 aromatic rings. The molecule has 0 aromatic heterocycles. The molecule has 18 heavy (non-hydrogen) atoms. The van der Waals surface area contributed by atoms with E-state index in [0.717, 1.165) is 12.0 Å². The number of aromatic hydroxyl groups is 1. The lowest BCUT2D eigenvalue weighted by Crippen LogP contribution is -2.42. The summed E-state index contributed by atoms with van der Waals surface area (Å²) >= 11 is 0. The predicted octanol–water partition coefficient (Wildman–Crippen LogP) is 1.57. The van der Waals surface area contributed by atoms with Gasteiger partial charge in [-0.05, 0) is 12.5 Å². The molecule has 5 heteroatoms. The summed E-state index contributed by atoms with van der Waals surface area (Å²) in [5.41, 5.74) is 0.888. The van der Waals surface area contributed by atoms with E-state index in [9.17, 15) is 13.5 Å². The van der Waals surface area contributed by atoms with Crippen molar-refractivity contribution in [2.24, 2.45) is 0 Å². The van der Waals surface area contributed by atoms with E-state index in [1.165, 1.54) is 0 Å². The summed E-state index contributed by atoms with van der Waals surface area (Å²) in [6, 6.07) is 7.39. The molecule has 1 aliphatic heterocycles. The Balaban J connectivity index is 2.18. The normalized spacial score (nSPS) is 21.6. The largest absolute Gasteiger partial charge is 0.508 e. The summed E-state index contributed by atoms with van der Waals surface area (Å²) in [5, 5.41) is 9.90. The van der Waals surface area contributed by atoms with Gasteiger partial charge in [-0.2, -0.15) is 0 Å². The van der Waals surface area contributed by atoms with Gasteiger partial charge in [-0.15, -0.1) is 0 Å². The van der Waals surface area contributed by atoms with E-state index in [4.69, 9.17) is 0 Å². The SMILES string of the molecule is CCC(c1ccccc1O)N1CCS(=O)(=O)CC1. The molecule has 4 nitrogen and oxygen atoms in total. The molecule has 0 radical (unpaired) electrons. The van der Waals surface area contributed by atoms with Crippen LogP contribution in [0.4, 0.5) is 0 Å². The van der Waals surface area contributed by atoms with Crippen molar-refractivity contribution in [1.82, 2.24) is 4.90 Å². The first kappa shape index (κ1) is 13.4. The van der Waals surface area contributed by atoms with Crippen LogP contribution in [0.3, 0.4) is 0 Å². The third-order valence-electron chi connectivity index (χ3n) is 3.50. The summed E-state index contributed by atoms with van der Waals surface area (Å²) in [4.78, 5) is 2.15. The van der Waals surface area contributed by atoms with Crippen LogP contribution in [-0.2, 0) is 9.84 Å². The van der Waals surface area contributed by atoms with Crippen LogP contribution in [0.5, 0.6) is 5.75 Å². The Morgan fingerprint density at radius 1 is 1.28 bits per heavy atom. The molecule has 1 aromatic carbocycles. The zero-order chi connectivity index (χ0) is 13.2. The molecule has 1 heterocycles. The van der Waals surface area contributed by atoms with E-state index in [2.05, 4.69) is 11.8 Å². The van der Waals surface area contributed by atoms with Crippen molar-refractivity contribution in [3.63, 3.8) is 0 Å². The Morgan fingerprint density at radius 3 is 2.44 bits per heavy atom. The van der Waals surface area contributed by atoms with Gasteiger partial charge in [0.05, 0.1) is 11.5 Å². The number of sulfone groups is 1. The quantitative estimate of drug-likeness (QED) is 0.905. The van der Waals surface area contributed by atoms with Crippen LogP contribution in [0.2, 0.25) is 0 Å². The topological polar surface area (TPSA) is 57.6 Å². The standard InChI is InChI=1S/C13H19NO3S/c1-2-12(11-5-3-4-6-13(11)15)14-7-9-18(16,17)10-8-14/h3-6,12,15H,2,7-10H2,1H3. The summed E-state index contributed by atoms with van der Waals surface area (Å²) < 4.78 is 22.9. The van der Waals surface area contributed by atoms with Crippen LogP contribution >= 0.6 is 0 Å². The van der Waals surface area contributed by atoms with Crippen molar-refractivity contribution in [2.45, 2.75) is 19.4 Å². The van der Waals surface area contributed by atoms with Gasteiger partial charge >= 0.3 is 0 Å². The Bertz CT molecular complexity index is 499. The van der Waals surface area contributed by atoms with Crippen molar-refractivity contribution < 1.29 is 13.5 Å². The average Bonchev–Trinajstić information content (AvgIpc) is 2.34. The van der Waals surface area contributed by atoms with Gasteiger partial charge in [0.2, 0.25) is 0 Å². The van der Waals surface area contributed by atoms with E-state index in [1.807, 2.05) is 12.1 Å². The van der Waals surface area contributed by atoms with E-state index in [0.29, 0.717) is 13.1 Å². The first-order valence-corrected chi connectivity index (χ1v) is 8.08. The number of hydrogen-bond donors (Lipinski definition) is 1. The summed E-state index contributed by atoms with van der Waals surface area (Å²) in [7, 11) is -2.85. The molecule has 1 atom stereocenters. The fourth-order valence-corrected chi connectivity index (χ4v) is 3.71. The minimum absolute atomic E-state index is 0.0988. The highest BCUT2D eigenvalue weighted by molar-refractivity contribution is 7.91. The van der Waals surface area contributed by atoms with Gasteiger partial charge < -0.3 is 5.11 Å². The van der Waals surface area contributed by atoms with Gasteiger partial charge in [0.15, 0.2) is 9.84 Å². The third kappa shape index (κ3) is 2.84. The fourth-order valence-electron chi connectivity index (χ4n) is 2.48. The van der Waals surface area contributed by atoms with Crippen molar-refractivity contribution in [3.8, 4) is 5.75 Å². The molecule has 1 N–H and O–H groups in total. The van der Waals surface area contributed by atoms with E-state index >= 15 is 0 Å². The lowest BCUT2D eigenvalue weighted by atomic mass is 10.0. The minimum Gasteiger partial charge on any atom is -0.508 e. The maximum atomic E-state index is 11.4. The Kier molecular flexibility index (Phi) is 3.92. The molecule has 1 unspecified atom stereocenters. The Hall–Kier alpha value is -1.07. The maximum absolute atomic E-state index is 11.4. The van der Waals surface area contributed by atoms with Crippen LogP contribution in [-0.4, -0.2) is 43.0 Å². The highest BCUT2D eigenvalue weighted by Gasteiger charge is 2.28. The lowest BCUT2D eigenvalue weighted by molar-refractivity contribution is 0.205. The smallest absolute Gasteiger partial charge is 0.152 e. The molecule has 1 fully saturated rings. The monoisotopic (exact) mass is 269 g/mol. The van der Waals surface area contributed by atoms with Crippen molar-refractivity contribution in [3.05, 3.63) is 29.8 Å².